The zero-order valence-corrected chi connectivity index (χ0v) is 17.8. The van der Waals surface area contributed by atoms with Gasteiger partial charge in [-0.25, -0.2) is 4.79 Å². The van der Waals surface area contributed by atoms with Gasteiger partial charge in [-0.2, -0.15) is 0 Å². The van der Waals surface area contributed by atoms with Gasteiger partial charge in [0.15, 0.2) is 6.54 Å². The molecule has 0 unspecified atom stereocenters. The lowest BCUT2D eigenvalue weighted by Crippen LogP contribution is -3.14. The van der Waals surface area contributed by atoms with Crippen molar-refractivity contribution in [2.45, 2.75) is 26.7 Å². The maximum Gasteiger partial charge on any atom is 0.341 e. The molecule has 0 spiro atoms. The van der Waals surface area contributed by atoms with E-state index >= 15 is 0 Å². The number of piperidine rings is 1. The standard InChI is InChI=1S/C21H25ClN2O3S/c1-3-27-21(26)19-17(15-4-6-16(22)7-5-15)13-28-20(19)23-18(25)12-24-10-8-14(2)9-11-24/h4-7,13-14H,3,8-12H2,1-2H3,(H,23,25)/p+1. The first-order chi connectivity index (χ1) is 13.5. The van der Waals surface area contributed by atoms with Gasteiger partial charge in [0.1, 0.15) is 10.6 Å². The normalized spacial score (nSPS) is 19.2. The highest BCUT2D eigenvalue weighted by Crippen LogP contribution is 2.36. The lowest BCUT2D eigenvalue weighted by molar-refractivity contribution is -0.897. The smallest absolute Gasteiger partial charge is 0.341 e. The van der Waals surface area contributed by atoms with Gasteiger partial charge in [-0.1, -0.05) is 30.7 Å². The molecule has 0 radical (unpaired) electrons. The summed E-state index contributed by atoms with van der Waals surface area (Å²) >= 11 is 7.32. The predicted octanol–water partition coefficient (Wildman–Crippen LogP) is 3.50. The highest BCUT2D eigenvalue weighted by Gasteiger charge is 2.25. The number of thiophene rings is 1. The van der Waals surface area contributed by atoms with Crippen LogP contribution in [0.4, 0.5) is 5.00 Å². The first-order valence-corrected chi connectivity index (χ1v) is 10.9. The summed E-state index contributed by atoms with van der Waals surface area (Å²) in [6.45, 7) is 6.75. The number of carbonyl (C=O) groups excluding carboxylic acids is 2. The maximum absolute atomic E-state index is 12.6. The number of halogens is 1. The summed E-state index contributed by atoms with van der Waals surface area (Å²) in [5.41, 5.74) is 2.01. The largest absolute Gasteiger partial charge is 0.462 e. The third-order valence-corrected chi connectivity index (χ3v) is 6.22. The number of hydrogen-bond donors (Lipinski definition) is 2. The Morgan fingerprint density at radius 2 is 1.93 bits per heavy atom. The molecular weight excluding hydrogens is 396 g/mol. The van der Waals surface area contributed by atoms with Crippen LogP contribution >= 0.6 is 22.9 Å². The molecule has 0 aliphatic carbocycles. The fourth-order valence-electron chi connectivity index (χ4n) is 3.44. The molecule has 1 fully saturated rings. The minimum Gasteiger partial charge on any atom is -0.462 e. The second kappa shape index (κ2) is 9.54. The molecule has 2 N–H and O–H groups in total. The van der Waals surface area contributed by atoms with E-state index in [0.717, 1.165) is 43.0 Å². The lowest BCUT2D eigenvalue weighted by Gasteiger charge is -2.26. The Morgan fingerprint density at radius 1 is 1.25 bits per heavy atom. The van der Waals surface area contributed by atoms with Gasteiger partial charge in [0.05, 0.1) is 19.7 Å². The van der Waals surface area contributed by atoms with E-state index in [2.05, 4.69) is 12.2 Å². The van der Waals surface area contributed by atoms with E-state index in [4.69, 9.17) is 16.3 Å². The number of benzene rings is 1. The van der Waals surface area contributed by atoms with Crippen molar-refractivity contribution in [1.82, 2.24) is 0 Å². The van der Waals surface area contributed by atoms with Gasteiger partial charge in [0, 0.05) is 16.0 Å². The summed E-state index contributed by atoms with van der Waals surface area (Å²) in [7, 11) is 0. The fourth-order valence-corrected chi connectivity index (χ4v) is 4.54. The van der Waals surface area contributed by atoms with Crippen LogP contribution in [-0.2, 0) is 9.53 Å². The van der Waals surface area contributed by atoms with Gasteiger partial charge in [-0.3, -0.25) is 4.79 Å². The number of likely N-dealkylation sites (tertiary alicyclic amines) is 1. The topological polar surface area (TPSA) is 59.8 Å². The second-order valence-electron chi connectivity index (χ2n) is 7.24. The van der Waals surface area contributed by atoms with Gasteiger partial charge in [0.25, 0.3) is 5.91 Å². The van der Waals surface area contributed by atoms with E-state index in [1.807, 2.05) is 17.5 Å². The third-order valence-electron chi connectivity index (χ3n) is 5.07. The SMILES string of the molecule is CCOC(=O)c1c(-c2ccc(Cl)cc2)csc1NC(=O)C[NH+]1CCC(C)CC1. The van der Waals surface area contributed by atoms with Crippen LogP contribution in [0.2, 0.25) is 5.02 Å². The van der Waals surface area contributed by atoms with Crippen molar-refractivity contribution in [1.29, 1.82) is 0 Å². The van der Waals surface area contributed by atoms with Crippen molar-refractivity contribution in [3.05, 3.63) is 40.2 Å². The van der Waals surface area contributed by atoms with Crippen LogP contribution < -0.4 is 10.2 Å². The monoisotopic (exact) mass is 421 g/mol. The summed E-state index contributed by atoms with van der Waals surface area (Å²) in [6.07, 6.45) is 2.30. The summed E-state index contributed by atoms with van der Waals surface area (Å²) in [5, 5.41) is 5.99. The van der Waals surface area contributed by atoms with Crippen molar-refractivity contribution in [2.75, 3.05) is 31.6 Å². The first-order valence-electron chi connectivity index (χ1n) is 9.66. The zero-order valence-electron chi connectivity index (χ0n) is 16.2. The number of nitrogens with one attached hydrogen (secondary N) is 2. The van der Waals surface area contributed by atoms with Gasteiger partial charge >= 0.3 is 5.97 Å². The van der Waals surface area contributed by atoms with Crippen LogP contribution in [0.5, 0.6) is 0 Å². The molecule has 0 saturated carbocycles. The molecule has 5 nitrogen and oxygen atoms in total. The summed E-state index contributed by atoms with van der Waals surface area (Å²) < 4.78 is 5.24. The van der Waals surface area contributed by atoms with E-state index in [1.165, 1.54) is 16.2 Å². The number of hydrogen-bond acceptors (Lipinski definition) is 4. The minimum absolute atomic E-state index is 0.0698. The van der Waals surface area contributed by atoms with Gasteiger partial charge in [-0.15, -0.1) is 11.3 Å². The Balaban J connectivity index is 1.79. The van der Waals surface area contributed by atoms with E-state index in [0.29, 0.717) is 22.1 Å². The van der Waals surface area contributed by atoms with Gasteiger partial charge in [0.2, 0.25) is 0 Å². The van der Waals surface area contributed by atoms with Gasteiger partial charge < -0.3 is 15.0 Å². The maximum atomic E-state index is 12.6. The highest BCUT2D eigenvalue weighted by atomic mass is 35.5. The zero-order chi connectivity index (χ0) is 20.1. The quantitative estimate of drug-likeness (QED) is 0.702. The van der Waals surface area contributed by atoms with Crippen LogP contribution in [0.3, 0.4) is 0 Å². The number of amides is 1. The molecule has 1 aromatic heterocycles. The molecule has 1 aliphatic rings. The molecule has 0 atom stereocenters. The number of rotatable bonds is 6. The van der Waals surface area contributed by atoms with Crippen LogP contribution in [0.15, 0.2) is 29.6 Å². The summed E-state index contributed by atoms with van der Waals surface area (Å²) in [4.78, 5) is 26.5. The first kappa shape index (κ1) is 20.8. The summed E-state index contributed by atoms with van der Waals surface area (Å²) in [6, 6.07) is 7.28. The molecular formula is C21H26ClN2O3S+. The Morgan fingerprint density at radius 3 is 2.57 bits per heavy atom. The van der Waals surface area contributed by atoms with Crippen molar-refractivity contribution in [3.8, 4) is 11.1 Å². The molecule has 1 aliphatic heterocycles. The van der Waals surface area contributed by atoms with Crippen molar-refractivity contribution in [2.24, 2.45) is 5.92 Å². The molecule has 0 bridgehead atoms. The average Bonchev–Trinajstić information content (AvgIpc) is 3.08. The van der Waals surface area contributed by atoms with Crippen LogP contribution in [-0.4, -0.2) is 38.1 Å². The molecule has 1 amide bonds. The number of quaternary nitrogens is 1. The Bertz CT molecular complexity index is 827. The second-order valence-corrected chi connectivity index (χ2v) is 8.55. The summed E-state index contributed by atoms with van der Waals surface area (Å²) in [5.74, 6) is 0.240. The van der Waals surface area contributed by atoms with Crippen molar-refractivity contribution in [3.63, 3.8) is 0 Å². The molecule has 1 aromatic carbocycles. The minimum atomic E-state index is -0.428. The van der Waals surface area contributed by atoms with Crippen LogP contribution in [0.1, 0.15) is 37.0 Å². The third kappa shape index (κ3) is 5.13. The number of anilines is 1. The highest BCUT2D eigenvalue weighted by molar-refractivity contribution is 7.15. The average molecular weight is 422 g/mol. The van der Waals surface area contributed by atoms with Crippen molar-refractivity contribution >= 4 is 39.8 Å². The number of esters is 1. The number of ether oxygens (including phenoxy) is 1. The molecule has 1 saturated heterocycles. The Labute approximate surface area is 174 Å². The van der Waals surface area contributed by atoms with Crippen LogP contribution in [0, 0.1) is 5.92 Å². The van der Waals surface area contributed by atoms with E-state index in [9.17, 15) is 9.59 Å². The van der Waals surface area contributed by atoms with Crippen LogP contribution in [0.25, 0.3) is 11.1 Å². The van der Waals surface area contributed by atoms with E-state index < -0.39 is 5.97 Å². The molecule has 2 heterocycles. The molecule has 7 heteroatoms. The predicted molar refractivity (Wildman–Crippen MR) is 113 cm³/mol. The number of carbonyl (C=O) groups is 2. The molecule has 2 aromatic rings. The molecule has 150 valence electrons. The molecule has 28 heavy (non-hydrogen) atoms. The molecule has 3 rings (SSSR count). The fraction of sp³-hybridized carbons (Fsp3) is 0.429. The Kier molecular flexibility index (Phi) is 7.10. The van der Waals surface area contributed by atoms with Crippen molar-refractivity contribution < 1.29 is 19.2 Å². The van der Waals surface area contributed by atoms with Gasteiger partial charge in [-0.05, 0) is 43.4 Å². The van der Waals surface area contributed by atoms with E-state index in [-0.39, 0.29) is 12.5 Å². The lowest BCUT2D eigenvalue weighted by atomic mass is 9.99. The Hall–Kier alpha value is -1.89. The van der Waals surface area contributed by atoms with E-state index in [1.54, 1.807) is 19.1 Å².